The number of rotatable bonds is 7. The molecule has 24 heavy (non-hydrogen) atoms. The van der Waals surface area contributed by atoms with Crippen molar-refractivity contribution in [1.82, 2.24) is 5.32 Å². The van der Waals surface area contributed by atoms with Crippen molar-refractivity contribution in [2.24, 2.45) is 0 Å². The molecule has 5 nitrogen and oxygen atoms in total. The molecule has 0 bridgehead atoms. The van der Waals surface area contributed by atoms with Crippen molar-refractivity contribution in [2.75, 3.05) is 7.11 Å². The number of methoxy groups -OCH3 is 1. The van der Waals surface area contributed by atoms with E-state index in [1.807, 2.05) is 6.07 Å². The van der Waals surface area contributed by atoms with Crippen LogP contribution in [0.2, 0.25) is 0 Å². The van der Waals surface area contributed by atoms with E-state index in [0.29, 0.717) is 11.1 Å². The average Bonchev–Trinajstić information content (AvgIpc) is 2.62. The van der Waals surface area contributed by atoms with Gasteiger partial charge in [0.2, 0.25) is 0 Å². The van der Waals surface area contributed by atoms with E-state index in [2.05, 4.69) is 5.32 Å². The fourth-order valence-corrected chi connectivity index (χ4v) is 2.38. The molecule has 0 aliphatic heterocycles. The lowest BCUT2D eigenvalue weighted by Crippen LogP contribution is -2.46. The molecule has 2 aromatic carbocycles. The highest BCUT2D eigenvalue weighted by molar-refractivity contribution is 6.13. The van der Waals surface area contributed by atoms with Gasteiger partial charge in [-0.25, -0.2) is 4.79 Å². The number of hydrogen-bond donors (Lipinski definition) is 1. The van der Waals surface area contributed by atoms with Crippen molar-refractivity contribution in [3.05, 3.63) is 71.8 Å². The molecule has 124 valence electrons. The number of ketones is 2. The first kappa shape index (κ1) is 17.6. The smallest absolute Gasteiger partial charge is 0.327 e. The third-order valence-corrected chi connectivity index (χ3v) is 3.63. The van der Waals surface area contributed by atoms with Gasteiger partial charge in [-0.2, -0.15) is 0 Å². The van der Waals surface area contributed by atoms with Crippen LogP contribution in [-0.2, 0) is 14.3 Å². The molecule has 0 aliphatic rings. The minimum Gasteiger partial charge on any atom is -0.468 e. The second kappa shape index (κ2) is 8.17. The number of nitrogens with one attached hydrogen (secondary N) is 1. The zero-order chi connectivity index (χ0) is 17.5. The number of carbonyl (C=O) groups is 3. The maximum absolute atomic E-state index is 12.6. The van der Waals surface area contributed by atoms with Gasteiger partial charge in [-0.05, 0) is 12.5 Å². The van der Waals surface area contributed by atoms with Gasteiger partial charge in [-0.15, -0.1) is 0 Å². The summed E-state index contributed by atoms with van der Waals surface area (Å²) in [6.45, 7) is 1.32. The summed E-state index contributed by atoms with van der Waals surface area (Å²) in [5.41, 5.74) is 1.03. The summed E-state index contributed by atoms with van der Waals surface area (Å²) in [4.78, 5) is 36.8. The second-order valence-electron chi connectivity index (χ2n) is 5.31. The van der Waals surface area contributed by atoms with Crippen LogP contribution in [0.4, 0.5) is 0 Å². The number of carbonyl (C=O) groups excluding carboxylic acids is 3. The van der Waals surface area contributed by atoms with Crippen LogP contribution in [0.15, 0.2) is 60.7 Å². The summed E-state index contributed by atoms with van der Waals surface area (Å²) >= 11 is 0. The van der Waals surface area contributed by atoms with Gasteiger partial charge in [0.1, 0.15) is 12.1 Å². The summed E-state index contributed by atoms with van der Waals surface area (Å²) < 4.78 is 4.81. The second-order valence-corrected chi connectivity index (χ2v) is 5.31. The van der Waals surface area contributed by atoms with Crippen molar-refractivity contribution in [2.45, 2.75) is 19.0 Å². The van der Waals surface area contributed by atoms with Crippen LogP contribution in [0.1, 0.15) is 28.9 Å². The van der Waals surface area contributed by atoms with E-state index in [0.717, 1.165) is 0 Å². The number of esters is 1. The molecule has 0 fully saturated rings. The Bertz CT molecular complexity index is 713. The fourth-order valence-electron chi connectivity index (χ4n) is 2.38. The maximum atomic E-state index is 12.6. The van der Waals surface area contributed by atoms with Crippen LogP contribution in [0.25, 0.3) is 0 Å². The first-order chi connectivity index (χ1) is 11.5. The normalized spacial score (nSPS) is 12.9. The van der Waals surface area contributed by atoms with E-state index in [-0.39, 0.29) is 11.6 Å². The van der Waals surface area contributed by atoms with E-state index in [1.165, 1.54) is 14.0 Å². The number of ether oxygens (including phenoxy) is 1. The molecule has 0 saturated carbocycles. The zero-order valence-corrected chi connectivity index (χ0v) is 13.6. The van der Waals surface area contributed by atoms with E-state index < -0.39 is 18.1 Å². The van der Waals surface area contributed by atoms with Gasteiger partial charge in [-0.1, -0.05) is 60.7 Å². The molecule has 0 aromatic heterocycles. The zero-order valence-electron chi connectivity index (χ0n) is 13.6. The number of Topliss-reactive ketones (excluding diaryl/α,β-unsaturated/α-hetero) is 2. The van der Waals surface area contributed by atoms with Crippen LogP contribution in [0, 0.1) is 0 Å². The summed E-state index contributed by atoms with van der Waals surface area (Å²) in [5.74, 6) is -1.31. The Balaban J connectivity index is 2.31. The van der Waals surface area contributed by atoms with Crippen molar-refractivity contribution < 1.29 is 19.1 Å². The van der Waals surface area contributed by atoms with Crippen LogP contribution in [0.3, 0.4) is 0 Å². The third kappa shape index (κ3) is 4.14. The molecule has 1 N–H and O–H groups in total. The Labute approximate surface area is 140 Å². The van der Waals surface area contributed by atoms with E-state index in [1.54, 1.807) is 54.6 Å². The summed E-state index contributed by atoms with van der Waals surface area (Å²) in [5, 5.41) is 2.85. The monoisotopic (exact) mass is 325 g/mol. The molecular formula is C19H19NO4. The molecule has 2 atom stereocenters. The Morgan fingerprint density at radius 3 is 1.96 bits per heavy atom. The average molecular weight is 325 g/mol. The van der Waals surface area contributed by atoms with Crippen molar-refractivity contribution in [1.29, 1.82) is 0 Å². The van der Waals surface area contributed by atoms with Gasteiger partial charge in [-0.3, -0.25) is 14.9 Å². The van der Waals surface area contributed by atoms with Gasteiger partial charge >= 0.3 is 5.97 Å². The molecule has 0 aliphatic carbocycles. The summed E-state index contributed by atoms with van der Waals surface area (Å²) in [6.07, 6.45) is 0. The van der Waals surface area contributed by atoms with E-state index in [4.69, 9.17) is 4.74 Å². The molecule has 5 heteroatoms. The molecule has 2 rings (SSSR count). The molecular weight excluding hydrogens is 306 g/mol. The topological polar surface area (TPSA) is 72.5 Å². The summed E-state index contributed by atoms with van der Waals surface area (Å²) in [6, 6.07) is 15.3. The van der Waals surface area contributed by atoms with Gasteiger partial charge in [0.05, 0.1) is 7.11 Å². The first-order valence-corrected chi connectivity index (χ1v) is 7.53. The van der Waals surface area contributed by atoms with Crippen molar-refractivity contribution >= 4 is 17.5 Å². The maximum Gasteiger partial charge on any atom is 0.327 e. The molecule has 0 saturated heterocycles. The lowest BCUT2D eigenvalue weighted by Gasteiger charge is -2.22. The van der Waals surface area contributed by atoms with Crippen LogP contribution in [0.5, 0.6) is 0 Å². The Kier molecular flexibility index (Phi) is 5.98. The van der Waals surface area contributed by atoms with E-state index in [9.17, 15) is 14.4 Å². The SMILES string of the molecule is COC(=O)C(NC(C(C)=O)C(=O)c1ccccc1)c1ccccc1. The highest BCUT2D eigenvalue weighted by atomic mass is 16.5. The van der Waals surface area contributed by atoms with Crippen LogP contribution < -0.4 is 5.32 Å². The Hall–Kier alpha value is -2.79. The Morgan fingerprint density at radius 2 is 1.46 bits per heavy atom. The lowest BCUT2D eigenvalue weighted by atomic mass is 9.98. The quantitative estimate of drug-likeness (QED) is 0.480. The first-order valence-electron chi connectivity index (χ1n) is 7.53. The van der Waals surface area contributed by atoms with E-state index >= 15 is 0 Å². The lowest BCUT2D eigenvalue weighted by molar-refractivity contribution is -0.143. The molecule has 0 radical (unpaired) electrons. The van der Waals surface area contributed by atoms with Gasteiger partial charge in [0, 0.05) is 5.56 Å². The standard InChI is InChI=1S/C19H19NO4/c1-13(21)16(18(22)15-11-7-4-8-12-15)20-17(19(23)24-2)14-9-5-3-6-10-14/h3-12,16-17,20H,1-2H3. The van der Waals surface area contributed by atoms with Gasteiger partial charge in [0.15, 0.2) is 11.6 Å². The molecule has 0 heterocycles. The van der Waals surface area contributed by atoms with Crippen LogP contribution in [-0.4, -0.2) is 30.7 Å². The fraction of sp³-hybridized carbons (Fsp3) is 0.211. The number of hydrogen-bond acceptors (Lipinski definition) is 5. The van der Waals surface area contributed by atoms with Gasteiger partial charge in [0.25, 0.3) is 0 Å². The molecule has 2 aromatic rings. The van der Waals surface area contributed by atoms with Crippen molar-refractivity contribution in [3.8, 4) is 0 Å². The predicted molar refractivity (Wildman–Crippen MR) is 89.6 cm³/mol. The third-order valence-electron chi connectivity index (χ3n) is 3.63. The number of benzene rings is 2. The highest BCUT2D eigenvalue weighted by Gasteiger charge is 2.31. The van der Waals surface area contributed by atoms with Crippen molar-refractivity contribution in [3.63, 3.8) is 0 Å². The Morgan fingerprint density at radius 1 is 0.917 bits per heavy atom. The predicted octanol–water partition coefficient (Wildman–Crippen LogP) is 2.33. The minimum absolute atomic E-state index is 0.367. The largest absolute Gasteiger partial charge is 0.468 e. The molecule has 0 spiro atoms. The van der Waals surface area contributed by atoms with Gasteiger partial charge < -0.3 is 4.74 Å². The highest BCUT2D eigenvalue weighted by Crippen LogP contribution is 2.17. The molecule has 2 unspecified atom stereocenters. The minimum atomic E-state index is -1.13. The summed E-state index contributed by atoms with van der Waals surface area (Å²) in [7, 11) is 1.27. The van der Waals surface area contributed by atoms with Crippen LogP contribution >= 0.6 is 0 Å². The molecule has 0 amide bonds.